The van der Waals surface area contributed by atoms with E-state index < -0.39 is 10.0 Å². The molecule has 0 atom stereocenters. The van der Waals surface area contributed by atoms with Crippen LogP contribution in [0.4, 0.5) is 11.5 Å². The Morgan fingerprint density at radius 3 is 2.61 bits per heavy atom. The molecule has 0 radical (unpaired) electrons. The molecule has 0 aliphatic heterocycles. The summed E-state index contributed by atoms with van der Waals surface area (Å²) in [6, 6.07) is 11.5. The second-order valence-electron chi connectivity index (χ2n) is 8.38. The number of hydrogen-bond donors (Lipinski definition) is 1. The number of hydrogen-bond acceptors (Lipinski definition) is 5. The second-order valence-corrected chi connectivity index (χ2v) is 10.3. The zero-order chi connectivity index (χ0) is 23.8. The van der Waals surface area contributed by atoms with Crippen LogP contribution in [0.1, 0.15) is 34.3 Å². The van der Waals surface area contributed by atoms with Gasteiger partial charge >= 0.3 is 0 Å². The van der Waals surface area contributed by atoms with Crippen LogP contribution in [0.15, 0.2) is 53.6 Å². The number of nitrogens with zero attached hydrogens (tertiary/aromatic N) is 3. The molecular formula is C24H28N4O4S. The van der Waals surface area contributed by atoms with E-state index in [0.717, 1.165) is 16.4 Å². The first-order chi connectivity index (χ1) is 15.7. The SMILES string of the molecule is COc1ccccc1N(C)S(=O)(=O)c1ccc(C)c(C(=O)Nc2c(C)cnn2CC2CC2)c1. The normalized spacial score (nSPS) is 13.6. The number of anilines is 2. The minimum absolute atomic E-state index is 0.0230. The first-order valence-electron chi connectivity index (χ1n) is 10.8. The van der Waals surface area contributed by atoms with E-state index >= 15 is 0 Å². The summed E-state index contributed by atoms with van der Waals surface area (Å²) in [6.07, 6.45) is 4.07. The number of ether oxygens (including phenoxy) is 1. The summed E-state index contributed by atoms with van der Waals surface area (Å²) in [4.78, 5) is 13.2. The van der Waals surface area contributed by atoms with Crippen LogP contribution in [0.5, 0.6) is 5.75 Å². The first-order valence-corrected chi connectivity index (χ1v) is 12.2. The number of amides is 1. The maximum atomic E-state index is 13.4. The number of benzene rings is 2. The van der Waals surface area contributed by atoms with Gasteiger partial charge < -0.3 is 10.1 Å². The minimum atomic E-state index is -3.93. The third-order valence-electron chi connectivity index (χ3n) is 5.92. The van der Waals surface area contributed by atoms with Gasteiger partial charge in [0.25, 0.3) is 15.9 Å². The predicted molar refractivity (Wildman–Crippen MR) is 127 cm³/mol. The topological polar surface area (TPSA) is 93.5 Å². The number of methoxy groups -OCH3 is 1. The van der Waals surface area contributed by atoms with Gasteiger partial charge in [0.05, 0.1) is 23.9 Å². The van der Waals surface area contributed by atoms with E-state index in [1.54, 1.807) is 43.5 Å². The maximum absolute atomic E-state index is 13.4. The summed E-state index contributed by atoms with van der Waals surface area (Å²) in [6.45, 7) is 4.44. The van der Waals surface area contributed by atoms with Gasteiger partial charge in [0, 0.05) is 24.7 Å². The first kappa shape index (κ1) is 22.8. The standard InChI is InChI=1S/C24H28N4O4S/c1-16-9-12-19(33(30,31)27(3)21-7-5-6-8-22(21)32-4)13-20(16)24(29)26-23-17(2)14-25-28(23)15-18-10-11-18/h5-9,12-14,18H,10-11,15H2,1-4H3,(H,26,29). The van der Waals surface area contributed by atoms with Crippen LogP contribution in [-0.2, 0) is 16.6 Å². The Morgan fingerprint density at radius 1 is 1.18 bits per heavy atom. The number of aryl methyl sites for hydroxylation is 2. The van der Waals surface area contributed by atoms with Crippen molar-refractivity contribution >= 4 is 27.4 Å². The number of carbonyl (C=O) groups excluding carboxylic acids is 1. The Labute approximate surface area is 194 Å². The van der Waals surface area contributed by atoms with Gasteiger partial charge in [-0.15, -0.1) is 0 Å². The van der Waals surface area contributed by atoms with Gasteiger partial charge in [0.2, 0.25) is 0 Å². The number of nitrogens with one attached hydrogen (secondary N) is 1. The van der Waals surface area contributed by atoms with Crippen LogP contribution < -0.4 is 14.4 Å². The zero-order valence-electron chi connectivity index (χ0n) is 19.2. The maximum Gasteiger partial charge on any atom is 0.264 e. The fraction of sp³-hybridized carbons (Fsp3) is 0.333. The largest absolute Gasteiger partial charge is 0.495 e. The fourth-order valence-corrected chi connectivity index (χ4v) is 4.92. The van der Waals surface area contributed by atoms with Crippen molar-refractivity contribution in [1.82, 2.24) is 9.78 Å². The molecule has 1 N–H and O–H groups in total. The van der Waals surface area contributed by atoms with Crippen molar-refractivity contribution in [2.24, 2.45) is 5.92 Å². The van der Waals surface area contributed by atoms with E-state index in [1.807, 2.05) is 11.6 Å². The molecule has 174 valence electrons. The van der Waals surface area contributed by atoms with Gasteiger partial charge in [-0.05, 0) is 62.4 Å². The van der Waals surface area contributed by atoms with Gasteiger partial charge in [0.15, 0.2) is 0 Å². The molecule has 4 rings (SSSR count). The third-order valence-corrected chi connectivity index (χ3v) is 7.69. The van der Waals surface area contributed by atoms with Gasteiger partial charge in [-0.3, -0.25) is 9.10 Å². The molecule has 1 fully saturated rings. The molecule has 1 aliphatic carbocycles. The lowest BCUT2D eigenvalue weighted by Gasteiger charge is -2.22. The predicted octanol–water partition coefficient (Wildman–Crippen LogP) is 4.00. The molecule has 1 heterocycles. The second kappa shape index (κ2) is 8.90. The Balaban J connectivity index is 1.64. The van der Waals surface area contributed by atoms with Crippen LogP contribution in [-0.4, -0.2) is 38.3 Å². The Kier molecular flexibility index (Phi) is 6.16. The highest BCUT2D eigenvalue weighted by Gasteiger charge is 2.27. The van der Waals surface area contributed by atoms with Crippen molar-refractivity contribution in [3.8, 4) is 5.75 Å². The average molecular weight is 469 g/mol. The van der Waals surface area contributed by atoms with E-state index in [0.29, 0.717) is 34.3 Å². The minimum Gasteiger partial charge on any atom is -0.495 e. The number of aromatic nitrogens is 2. The van der Waals surface area contributed by atoms with Gasteiger partial charge in [-0.1, -0.05) is 18.2 Å². The van der Waals surface area contributed by atoms with E-state index in [9.17, 15) is 13.2 Å². The lowest BCUT2D eigenvalue weighted by molar-refractivity contribution is 0.102. The van der Waals surface area contributed by atoms with E-state index in [-0.39, 0.29) is 10.8 Å². The summed E-state index contributed by atoms with van der Waals surface area (Å²) < 4.78 is 35.0. The molecule has 0 unspecified atom stereocenters. The molecule has 33 heavy (non-hydrogen) atoms. The molecule has 1 amide bonds. The molecule has 1 aromatic heterocycles. The number of sulfonamides is 1. The Hall–Kier alpha value is -3.33. The van der Waals surface area contributed by atoms with Crippen LogP contribution in [0.25, 0.3) is 0 Å². The lowest BCUT2D eigenvalue weighted by Crippen LogP contribution is -2.27. The Morgan fingerprint density at radius 2 is 1.91 bits per heavy atom. The highest BCUT2D eigenvalue weighted by atomic mass is 32.2. The number of para-hydroxylation sites is 2. The molecule has 1 saturated carbocycles. The van der Waals surface area contributed by atoms with Gasteiger partial charge in [-0.25, -0.2) is 13.1 Å². The van der Waals surface area contributed by atoms with Crippen molar-refractivity contribution in [2.45, 2.75) is 38.1 Å². The molecule has 3 aromatic rings. The van der Waals surface area contributed by atoms with Crippen molar-refractivity contribution in [3.63, 3.8) is 0 Å². The number of rotatable bonds is 8. The van der Waals surface area contributed by atoms with Crippen molar-refractivity contribution in [3.05, 3.63) is 65.4 Å². The summed E-state index contributed by atoms with van der Waals surface area (Å²) in [5.74, 6) is 1.31. The smallest absolute Gasteiger partial charge is 0.264 e. The van der Waals surface area contributed by atoms with E-state index in [4.69, 9.17) is 4.74 Å². The third kappa shape index (κ3) is 4.59. The van der Waals surface area contributed by atoms with E-state index in [2.05, 4.69) is 10.4 Å². The van der Waals surface area contributed by atoms with Crippen LogP contribution in [0.2, 0.25) is 0 Å². The summed E-state index contributed by atoms with van der Waals surface area (Å²) >= 11 is 0. The van der Waals surface area contributed by atoms with Crippen molar-refractivity contribution < 1.29 is 17.9 Å². The monoisotopic (exact) mass is 468 g/mol. The van der Waals surface area contributed by atoms with Crippen LogP contribution in [0, 0.1) is 19.8 Å². The van der Waals surface area contributed by atoms with Crippen molar-refractivity contribution in [1.29, 1.82) is 0 Å². The fourth-order valence-electron chi connectivity index (χ4n) is 3.68. The highest BCUT2D eigenvalue weighted by Crippen LogP contribution is 2.33. The molecule has 0 spiro atoms. The molecule has 9 heteroatoms. The van der Waals surface area contributed by atoms with Crippen LogP contribution >= 0.6 is 0 Å². The quantitative estimate of drug-likeness (QED) is 0.539. The Bertz CT molecular complexity index is 1300. The molecule has 2 aromatic carbocycles. The highest BCUT2D eigenvalue weighted by molar-refractivity contribution is 7.92. The summed E-state index contributed by atoms with van der Waals surface area (Å²) in [5, 5.41) is 7.32. The van der Waals surface area contributed by atoms with Crippen LogP contribution in [0.3, 0.4) is 0 Å². The molecule has 8 nitrogen and oxygen atoms in total. The summed E-state index contributed by atoms with van der Waals surface area (Å²) in [7, 11) is -0.973. The van der Waals surface area contributed by atoms with E-state index in [1.165, 1.54) is 39.1 Å². The van der Waals surface area contributed by atoms with Gasteiger partial charge in [0.1, 0.15) is 11.6 Å². The summed E-state index contributed by atoms with van der Waals surface area (Å²) in [5.41, 5.74) is 2.24. The molecular weight excluding hydrogens is 440 g/mol. The number of carbonyl (C=O) groups is 1. The molecule has 1 aliphatic rings. The average Bonchev–Trinajstić information content (AvgIpc) is 3.57. The zero-order valence-corrected chi connectivity index (χ0v) is 20.0. The van der Waals surface area contributed by atoms with Crippen molar-refractivity contribution in [2.75, 3.05) is 23.8 Å². The lowest BCUT2D eigenvalue weighted by atomic mass is 10.1. The molecule has 0 bridgehead atoms. The molecule has 0 saturated heterocycles. The van der Waals surface area contributed by atoms with Gasteiger partial charge in [-0.2, -0.15) is 5.10 Å².